The Morgan fingerprint density at radius 2 is 1.97 bits per heavy atom. The topological polar surface area (TPSA) is 142 Å². The van der Waals surface area contributed by atoms with E-state index >= 15 is 0 Å². The lowest BCUT2D eigenvalue weighted by atomic mass is 9.92. The third kappa shape index (κ3) is 8.05. The van der Waals surface area contributed by atoms with Gasteiger partial charge in [0.15, 0.2) is 0 Å². The molecule has 0 radical (unpaired) electrons. The molecule has 168 valence electrons. The van der Waals surface area contributed by atoms with Gasteiger partial charge in [-0.1, -0.05) is 11.6 Å². The van der Waals surface area contributed by atoms with Crippen molar-refractivity contribution in [2.45, 2.75) is 37.0 Å². The number of nitrogens with zero attached hydrogens (tertiary/aromatic N) is 2. The van der Waals surface area contributed by atoms with Crippen molar-refractivity contribution in [2.75, 3.05) is 32.8 Å². The number of ether oxygens (including phenoxy) is 1. The molecule has 0 atom stereocenters. The maximum absolute atomic E-state index is 12.1. The van der Waals surface area contributed by atoms with Crippen molar-refractivity contribution in [2.24, 2.45) is 11.1 Å². The monoisotopic (exact) mass is 463 g/mol. The van der Waals surface area contributed by atoms with Gasteiger partial charge in [0.05, 0.1) is 23.8 Å². The molecule has 1 aromatic rings. The Morgan fingerprint density at radius 3 is 2.60 bits per heavy atom. The molecule has 2 rings (SSSR count). The number of piperidine rings is 1. The molecule has 1 aliphatic rings. The maximum atomic E-state index is 12.1. The normalized spacial score (nSPS) is 15.7. The highest BCUT2D eigenvalue weighted by Crippen LogP contribution is 2.23. The number of primary sulfonamides is 1. The molecule has 1 saturated heterocycles. The van der Waals surface area contributed by atoms with Crippen LogP contribution in [0.15, 0.2) is 23.1 Å². The number of esters is 1. The van der Waals surface area contributed by atoms with Crippen LogP contribution in [0, 0.1) is 16.0 Å². The van der Waals surface area contributed by atoms with Crippen LogP contribution in [0.4, 0.5) is 0 Å². The molecule has 0 saturated carbocycles. The van der Waals surface area contributed by atoms with Crippen molar-refractivity contribution in [3.8, 4) is 0 Å². The van der Waals surface area contributed by atoms with Crippen LogP contribution in [0.1, 0.15) is 42.5 Å². The smallest absolute Gasteiger partial charge is 0.338 e. The maximum Gasteiger partial charge on any atom is 0.338 e. The summed E-state index contributed by atoms with van der Waals surface area (Å²) >= 11 is 5.81. The summed E-state index contributed by atoms with van der Waals surface area (Å²) < 4.78 is 28.2. The molecule has 1 heterocycles. The third-order valence-electron chi connectivity index (χ3n) is 4.99. The zero-order valence-corrected chi connectivity index (χ0v) is 18.1. The van der Waals surface area contributed by atoms with Crippen molar-refractivity contribution >= 4 is 27.6 Å². The lowest BCUT2D eigenvalue weighted by molar-refractivity contribution is -0.757. The van der Waals surface area contributed by atoms with E-state index in [0.717, 1.165) is 45.0 Å². The van der Waals surface area contributed by atoms with Gasteiger partial charge in [-0.2, -0.15) is 0 Å². The molecular weight excluding hydrogens is 438 g/mol. The Bertz CT molecular complexity index is 842. The minimum atomic E-state index is -4.03. The van der Waals surface area contributed by atoms with Gasteiger partial charge in [0.2, 0.25) is 10.0 Å². The van der Waals surface area contributed by atoms with E-state index in [9.17, 15) is 23.3 Å². The number of sulfonamides is 1. The second-order valence-electron chi connectivity index (χ2n) is 7.16. The average molecular weight is 464 g/mol. The Labute approximate surface area is 180 Å². The van der Waals surface area contributed by atoms with E-state index in [0.29, 0.717) is 18.8 Å². The number of carbonyl (C=O) groups excluding carboxylic acids is 1. The molecule has 1 aliphatic heterocycles. The second-order valence-corrected chi connectivity index (χ2v) is 9.10. The Balaban J connectivity index is 1.65. The van der Waals surface area contributed by atoms with E-state index in [4.69, 9.17) is 21.5 Å². The average Bonchev–Trinajstić information content (AvgIpc) is 2.68. The van der Waals surface area contributed by atoms with Gasteiger partial charge >= 0.3 is 5.97 Å². The Hall–Kier alpha value is -1.95. The van der Waals surface area contributed by atoms with Crippen LogP contribution in [0.2, 0.25) is 5.02 Å². The van der Waals surface area contributed by atoms with Gasteiger partial charge in [-0.05, 0) is 69.3 Å². The lowest BCUT2D eigenvalue weighted by Gasteiger charge is -2.31. The standard InChI is InChI=1S/C18H26ClN3O7S/c19-16-5-4-15(13-17(16)30(20,26)27)18(23)28-11-2-8-21-9-6-14(7-10-21)3-1-12-29-22(24)25/h4-5,13-14H,1-3,6-12H2,(H2,20,26,27). The number of hydrogen-bond donors (Lipinski definition) is 1. The fraction of sp³-hybridized carbons (Fsp3) is 0.611. The lowest BCUT2D eigenvalue weighted by Crippen LogP contribution is -2.35. The Morgan fingerprint density at radius 1 is 1.27 bits per heavy atom. The molecule has 0 spiro atoms. The van der Waals surface area contributed by atoms with Gasteiger partial charge in [0, 0.05) is 6.54 Å². The molecule has 12 heteroatoms. The number of rotatable bonds is 11. The van der Waals surface area contributed by atoms with E-state index in [-0.39, 0.29) is 28.7 Å². The summed E-state index contributed by atoms with van der Waals surface area (Å²) in [7, 11) is -4.03. The van der Waals surface area contributed by atoms with E-state index < -0.39 is 21.1 Å². The third-order valence-corrected chi connectivity index (χ3v) is 6.38. The van der Waals surface area contributed by atoms with Crippen molar-refractivity contribution in [1.82, 2.24) is 4.90 Å². The number of hydrogen-bond acceptors (Lipinski definition) is 8. The first kappa shape index (κ1) is 24.3. The van der Waals surface area contributed by atoms with Crippen molar-refractivity contribution < 1.29 is 27.9 Å². The van der Waals surface area contributed by atoms with Crippen LogP contribution < -0.4 is 5.14 Å². The highest BCUT2D eigenvalue weighted by molar-refractivity contribution is 7.89. The molecule has 30 heavy (non-hydrogen) atoms. The molecule has 10 nitrogen and oxygen atoms in total. The first-order valence-electron chi connectivity index (χ1n) is 9.66. The summed E-state index contributed by atoms with van der Waals surface area (Å²) in [6, 6.07) is 3.80. The first-order valence-corrected chi connectivity index (χ1v) is 11.6. The summed E-state index contributed by atoms with van der Waals surface area (Å²) in [5, 5.41) is 14.4. The van der Waals surface area contributed by atoms with Crippen molar-refractivity contribution in [3.63, 3.8) is 0 Å². The van der Waals surface area contributed by atoms with Crippen LogP contribution in [0.3, 0.4) is 0 Å². The van der Waals surface area contributed by atoms with E-state index in [1.165, 1.54) is 12.1 Å². The molecule has 0 aliphatic carbocycles. The summed E-state index contributed by atoms with van der Waals surface area (Å²) in [6.45, 7) is 3.01. The van der Waals surface area contributed by atoms with Gasteiger partial charge in [0.25, 0.3) is 5.09 Å². The number of benzene rings is 1. The van der Waals surface area contributed by atoms with Crippen molar-refractivity contribution in [1.29, 1.82) is 0 Å². The highest BCUT2D eigenvalue weighted by Gasteiger charge is 2.19. The van der Waals surface area contributed by atoms with Crippen LogP contribution in [-0.2, 0) is 19.6 Å². The van der Waals surface area contributed by atoms with E-state index in [1.807, 2.05) is 0 Å². The van der Waals surface area contributed by atoms with Gasteiger partial charge in [-0.25, -0.2) is 18.4 Å². The molecule has 1 fully saturated rings. The zero-order chi connectivity index (χ0) is 22.1. The largest absolute Gasteiger partial charge is 0.462 e. The summed E-state index contributed by atoms with van der Waals surface area (Å²) in [5.41, 5.74) is 0.0744. The number of nitrogens with two attached hydrogens (primary N) is 1. The number of halogens is 1. The molecule has 1 aromatic carbocycles. The van der Waals surface area contributed by atoms with E-state index in [1.54, 1.807) is 0 Å². The number of carbonyl (C=O) groups is 1. The molecule has 0 unspecified atom stereocenters. The minimum Gasteiger partial charge on any atom is -0.462 e. The molecule has 0 aromatic heterocycles. The van der Waals surface area contributed by atoms with Gasteiger partial charge in [-0.15, -0.1) is 10.1 Å². The number of likely N-dealkylation sites (tertiary alicyclic amines) is 1. The van der Waals surface area contributed by atoms with Crippen LogP contribution in [0.25, 0.3) is 0 Å². The van der Waals surface area contributed by atoms with E-state index in [2.05, 4.69) is 9.74 Å². The first-order chi connectivity index (χ1) is 14.2. The molecular formula is C18H26ClN3O7S. The molecule has 0 amide bonds. The predicted octanol–water partition coefficient (Wildman–Crippen LogP) is 2.23. The van der Waals surface area contributed by atoms with Crippen molar-refractivity contribution in [3.05, 3.63) is 38.9 Å². The quantitative estimate of drug-likeness (QED) is 0.228. The van der Waals surface area contributed by atoms with Gasteiger partial charge in [-0.3, -0.25) is 0 Å². The van der Waals surface area contributed by atoms with Crippen LogP contribution in [0.5, 0.6) is 0 Å². The Kier molecular flexibility index (Phi) is 9.28. The molecule has 0 bridgehead atoms. The minimum absolute atomic E-state index is 0.0530. The van der Waals surface area contributed by atoms with Crippen LogP contribution in [-0.4, -0.2) is 57.2 Å². The fourth-order valence-electron chi connectivity index (χ4n) is 3.39. The SMILES string of the molecule is NS(=O)(=O)c1cc(C(=O)OCCCN2CCC(CCCO[N+](=O)[O-])CC2)ccc1Cl. The summed E-state index contributed by atoms with van der Waals surface area (Å²) in [6.07, 6.45) is 4.31. The predicted molar refractivity (Wildman–Crippen MR) is 109 cm³/mol. The van der Waals surface area contributed by atoms with Gasteiger partial charge in [0.1, 0.15) is 4.90 Å². The van der Waals surface area contributed by atoms with Gasteiger partial charge < -0.3 is 14.5 Å². The fourth-order valence-corrected chi connectivity index (χ4v) is 4.47. The van der Waals surface area contributed by atoms with Crippen LogP contribution >= 0.6 is 11.6 Å². The highest BCUT2D eigenvalue weighted by atomic mass is 35.5. The molecule has 2 N–H and O–H groups in total. The summed E-state index contributed by atoms with van der Waals surface area (Å²) in [5.74, 6) is -0.0837. The summed E-state index contributed by atoms with van der Waals surface area (Å²) in [4.78, 5) is 28.6. The zero-order valence-electron chi connectivity index (χ0n) is 16.5. The second kappa shape index (κ2) is 11.4.